The van der Waals surface area contributed by atoms with Gasteiger partial charge in [-0.3, -0.25) is 14.6 Å². The molecule has 0 bridgehead atoms. The largest absolute Gasteiger partial charge is 0.872 e. The molecule has 2 aromatic rings. The van der Waals surface area contributed by atoms with Crippen molar-refractivity contribution in [2.75, 3.05) is 33.8 Å². The van der Waals surface area contributed by atoms with Gasteiger partial charge < -0.3 is 19.6 Å². The predicted molar refractivity (Wildman–Crippen MR) is 124 cm³/mol. The van der Waals surface area contributed by atoms with E-state index in [1.807, 2.05) is 21.0 Å². The van der Waals surface area contributed by atoms with Crippen LogP contribution in [0.1, 0.15) is 48.9 Å². The number of pyridine rings is 1. The van der Waals surface area contributed by atoms with Crippen LogP contribution in [-0.4, -0.2) is 55.4 Å². The maximum absolute atomic E-state index is 13.5. The van der Waals surface area contributed by atoms with E-state index in [0.717, 1.165) is 37.1 Å². The molecule has 176 valence electrons. The summed E-state index contributed by atoms with van der Waals surface area (Å²) in [5.74, 6) is -1.06. The van der Waals surface area contributed by atoms with E-state index in [-0.39, 0.29) is 5.57 Å². The number of ether oxygens (including phenoxy) is 1. The molecule has 7 heteroatoms. The molecule has 1 unspecified atom stereocenters. The van der Waals surface area contributed by atoms with Crippen LogP contribution in [0.3, 0.4) is 0 Å². The summed E-state index contributed by atoms with van der Waals surface area (Å²) in [5, 5.41) is 13.5. The van der Waals surface area contributed by atoms with E-state index in [2.05, 4.69) is 11.9 Å². The highest BCUT2D eigenvalue weighted by Gasteiger charge is 2.44. The summed E-state index contributed by atoms with van der Waals surface area (Å²) in [5.41, 5.74) is 1.84. The number of aromatic nitrogens is 1. The number of hydrogen-bond donors (Lipinski definition) is 1. The second kappa shape index (κ2) is 11.1. The van der Waals surface area contributed by atoms with Gasteiger partial charge in [-0.25, -0.2) is 0 Å². The highest BCUT2D eigenvalue weighted by atomic mass is 16.5. The van der Waals surface area contributed by atoms with Gasteiger partial charge in [-0.2, -0.15) is 0 Å². The van der Waals surface area contributed by atoms with Gasteiger partial charge in [0.15, 0.2) is 0 Å². The van der Waals surface area contributed by atoms with Crippen LogP contribution in [0.4, 0.5) is 0 Å². The van der Waals surface area contributed by atoms with Crippen molar-refractivity contribution in [2.45, 2.75) is 39.2 Å². The van der Waals surface area contributed by atoms with Crippen LogP contribution < -0.4 is 14.7 Å². The Labute approximate surface area is 195 Å². The molecule has 33 heavy (non-hydrogen) atoms. The quantitative estimate of drug-likeness (QED) is 0.255. The number of likely N-dealkylation sites (tertiary alicyclic amines) is 1. The number of rotatable bonds is 10. The third kappa shape index (κ3) is 5.60. The summed E-state index contributed by atoms with van der Waals surface area (Å²) in [6.45, 7) is 5.83. The lowest BCUT2D eigenvalue weighted by Gasteiger charge is -2.27. The van der Waals surface area contributed by atoms with Gasteiger partial charge in [0.05, 0.1) is 33.3 Å². The third-order valence-electron chi connectivity index (χ3n) is 5.80. The van der Waals surface area contributed by atoms with Gasteiger partial charge in [-0.15, -0.1) is 0 Å². The van der Waals surface area contributed by atoms with E-state index in [1.165, 1.54) is 9.80 Å². The van der Waals surface area contributed by atoms with Crippen LogP contribution in [-0.2, 0) is 9.59 Å². The molecule has 0 saturated carbocycles. The number of carbonyl (C=O) groups excluding carboxylic acids is 2. The van der Waals surface area contributed by atoms with Gasteiger partial charge in [0.25, 0.3) is 5.91 Å². The molecular weight excluding hydrogens is 418 g/mol. The SMILES string of the molecule is CCCCOc1ccc(C([O-])=C2C(=O)C(=O)N(CCC[NH+](C)C)C2c2cccnc2)cc1C. The second-order valence-electron chi connectivity index (χ2n) is 8.75. The standard InChI is InChI=1S/C26H33N3O4/c1-5-6-15-33-21-11-10-19(16-18(21)2)24(30)22-23(20-9-7-12-27-17-20)29(26(32)25(22)31)14-8-13-28(3)4/h7,9-12,16-17,23,30H,5-6,8,13-15H2,1-4H3. The van der Waals surface area contributed by atoms with Crippen molar-refractivity contribution in [2.24, 2.45) is 0 Å². The Kier molecular flexibility index (Phi) is 8.22. The van der Waals surface area contributed by atoms with E-state index in [4.69, 9.17) is 4.74 Å². The first kappa shape index (κ1) is 24.5. The van der Waals surface area contributed by atoms with Crippen LogP contribution in [0, 0.1) is 6.92 Å². The molecule has 2 heterocycles. The molecule has 1 aliphatic rings. The lowest BCUT2D eigenvalue weighted by molar-refractivity contribution is -0.858. The van der Waals surface area contributed by atoms with Gasteiger partial charge in [0.2, 0.25) is 5.78 Å². The lowest BCUT2D eigenvalue weighted by atomic mass is 9.95. The zero-order valence-corrected chi connectivity index (χ0v) is 19.9. The molecule has 3 rings (SSSR count). The number of ketones is 1. The lowest BCUT2D eigenvalue weighted by Crippen LogP contribution is -3.05. The molecular formula is C26H33N3O4. The molecule has 1 aliphatic heterocycles. The number of nitrogens with one attached hydrogen (secondary N) is 1. The number of benzene rings is 1. The molecule has 1 aromatic carbocycles. The molecule has 1 atom stereocenters. The number of amides is 1. The Morgan fingerprint density at radius 3 is 2.64 bits per heavy atom. The van der Waals surface area contributed by atoms with Crippen LogP contribution in [0.2, 0.25) is 0 Å². The monoisotopic (exact) mass is 451 g/mol. The summed E-state index contributed by atoms with van der Waals surface area (Å²) in [6, 6.07) is 7.98. The van der Waals surface area contributed by atoms with Crippen molar-refractivity contribution in [3.05, 3.63) is 65.0 Å². The smallest absolute Gasteiger partial charge is 0.295 e. The van der Waals surface area contributed by atoms with Crippen molar-refractivity contribution in [1.82, 2.24) is 9.88 Å². The Balaban J connectivity index is 1.99. The first-order valence-corrected chi connectivity index (χ1v) is 11.5. The average Bonchev–Trinajstić information content (AvgIpc) is 3.05. The zero-order valence-electron chi connectivity index (χ0n) is 19.9. The summed E-state index contributed by atoms with van der Waals surface area (Å²) in [4.78, 5) is 32.9. The molecule has 1 fully saturated rings. The van der Waals surface area contributed by atoms with Crippen molar-refractivity contribution in [1.29, 1.82) is 0 Å². The van der Waals surface area contributed by atoms with Gasteiger partial charge >= 0.3 is 0 Å². The second-order valence-corrected chi connectivity index (χ2v) is 8.75. The molecule has 0 spiro atoms. The van der Waals surface area contributed by atoms with Crippen molar-refractivity contribution < 1.29 is 24.3 Å². The molecule has 1 saturated heterocycles. The van der Waals surface area contributed by atoms with E-state index < -0.39 is 23.5 Å². The van der Waals surface area contributed by atoms with Crippen molar-refractivity contribution in [3.63, 3.8) is 0 Å². The number of aryl methyl sites for hydroxylation is 1. The fraction of sp³-hybridized carbons (Fsp3) is 0.423. The molecule has 7 nitrogen and oxygen atoms in total. The average molecular weight is 452 g/mol. The first-order chi connectivity index (χ1) is 15.8. The van der Waals surface area contributed by atoms with E-state index in [1.54, 1.807) is 42.7 Å². The van der Waals surface area contributed by atoms with Crippen LogP contribution in [0.25, 0.3) is 5.76 Å². The Hall–Kier alpha value is -3.19. The van der Waals surface area contributed by atoms with Gasteiger partial charge in [-0.05, 0) is 48.2 Å². The molecule has 1 N–H and O–H groups in total. The minimum atomic E-state index is -0.732. The highest BCUT2D eigenvalue weighted by Crippen LogP contribution is 2.38. The highest BCUT2D eigenvalue weighted by molar-refractivity contribution is 6.46. The minimum Gasteiger partial charge on any atom is -0.872 e. The van der Waals surface area contributed by atoms with Gasteiger partial charge in [-0.1, -0.05) is 31.2 Å². The molecule has 0 radical (unpaired) electrons. The van der Waals surface area contributed by atoms with E-state index >= 15 is 0 Å². The number of Topliss-reactive ketones (excluding diaryl/α,β-unsaturated/α-hetero) is 1. The van der Waals surface area contributed by atoms with Crippen molar-refractivity contribution in [3.8, 4) is 5.75 Å². The number of unbranched alkanes of at least 4 members (excludes halogenated alkanes) is 1. The molecule has 1 amide bonds. The zero-order chi connectivity index (χ0) is 24.0. The van der Waals surface area contributed by atoms with Crippen LogP contribution in [0.5, 0.6) is 5.75 Å². The Morgan fingerprint density at radius 2 is 2.00 bits per heavy atom. The predicted octanol–water partition coefficient (Wildman–Crippen LogP) is 1.33. The fourth-order valence-electron chi connectivity index (χ4n) is 4.02. The minimum absolute atomic E-state index is 0.00995. The number of hydrogen-bond acceptors (Lipinski definition) is 5. The summed E-state index contributed by atoms with van der Waals surface area (Å²) in [6.07, 6.45) is 5.95. The maximum atomic E-state index is 13.5. The van der Waals surface area contributed by atoms with Gasteiger partial charge in [0, 0.05) is 30.9 Å². The maximum Gasteiger partial charge on any atom is 0.295 e. The Bertz CT molecular complexity index is 1020. The number of nitrogens with zero attached hydrogens (tertiary/aromatic N) is 2. The van der Waals surface area contributed by atoms with Crippen molar-refractivity contribution >= 4 is 17.4 Å². The van der Waals surface area contributed by atoms with E-state index in [9.17, 15) is 14.7 Å². The number of quaternary nitrogens is 1. The number of carbonyl (C=O) groups is 2. The van der Waals surface area contributed by atoms with Crippen LogP contribution in [0.15, 0.2) is 48.3 Å². The molecule has 1 aromatic heterocycles. The molecule has 0 aliphatic carbocycles. The summed E-state index contributed by atoms with van der Waals surface area (Å²) >= 11 is 0. The summed E-state index contributed by atoms with van der Waals surface area (Å²) in [7, 11) is 4.07. The van der Waals surface area contributed by atoms with Gasteiger partial charge in [0.1, 0.15) is 5.75 Å². The Morgan fingerprint density at radius 1 is 1.21 bits per heavy atom. The van der Waals surface area contributed by atoms with Crippen LogP contribution >= 0.6 is 0 Å². The topological polar surface area (TPSA) is 87.0 Å². The third-order valence-corrected chi connectivity index (χ3v) is 5.80. The fourth-order valence-corrected chi connectivity index (χ4v) is 4.02. The van der Waals surface area contributed by atoms with E-state index in [0.29, 0.717) is 24.3 Å². The normalized spacial score (nSPS) is 17.7. The first-order valence-electron chi connectivity index (χ1n) is 11.5. The summed E-state index contributed by atoms with van der Waals surface area (Å²) < 4.78 is 5.79.